The molecule has 4 nitrogen and oxygen atoms in total. The average molecular weight is 300 g/mol. The molecule has 110 valence electrons. The SMILES string of the molecule is c1cc(NC2CCNCC2)c2[nH]c(C3=NCCS3)cc2c1. The fourth-order valence-electron chi connectivity index (χ4n) is 3.08. The molecule has 1 aromatic carbocycles. The lowest BCUT2D eigenvalue weighted by Gasteiger charge is -2.25. The van der Waals surface area contributed by atoms with Crippen LogP contribution < -0.4 is 10.6 Å². The Morgan fingerprint density at radius 2 is 2.14 bits per heavy atom. The number of hydrogen-bond donors (Lipinski definition) is 3. The summed E-state index contributed by atoms with van der Waals surface area (Å²) in [5, 5.41) is 9.54. The number of para-hydroxylation sites is 1. The van der Waals surface area contributed by atoms with E-state index in [0.29, 0.717) is 6.04 Å². The van der Waals surface area contributed by atoms with Crippen molar-refractivity contribution >= 4 is 33.4 Å². The second kappa shape index (κ2) is 5.73. The van der Waals surface area contributed by atoms with Crippen LogP contribution in [-0.2, 0) is 0 Å². The van der Waals surface area contributed by atoms with Gasteiger partial charge in [-0.05, 0) is 38.1 Å². The Morgan fingerprint density at radius 3 is 2.95 bits per heavy atom. The molecule has 0 aliphatic carbocycles. The van der Waals surface area contributed by atoms with E-state index in [1.165, 1.54) is 29.4 Å². The van der Waals surface area contributed by atoms with Crippen molar-refractivity contribution in [2.45, 2.75) is 18.9 Å². The number of benzene rings is 1. The van der Waals surface area contributed by atoms with Crippen LogP contribution in [0.1, 0.15) is 18.5 Å². The molecule has 1 aromatic heterocycles. The van der Waals surface area contributed by atoms with Crippen molar-refractivity contribution in [1.82, 2.24) is 10.3 Å². The van der Waals surface area contributed by atoms with Gasteiger partial charge >= 0.3 is 0 Å². The van der Waals surface area contributed by atoms with Crippen LogP contribution in [0, 0.1) is 0 Å². The summed E-state index contributed by atoms with van der Waals surface area (Å²) in [5.74, 6) is 1.10. The Bertz CT molecular complexity index is 670. The Kier molecular flexibility index (Phi) is 3.61. The predicted octanol–water partition coefficient (Wildman–Crippen LogP) is 2.83. The summed E-state index contributed by atoms with van der Waals surface area (Å²) in [6.07, 6.45) is 2.37. The summed E-state index contributed by atoms with van der Waals surface area (Å²) in [4.78, 5) is 8.13. The standard InChI is InChI=1S/C16H20N4S/c1-2-11-10-14(16-18-8-9-21-16)20-15(11)13(3-1)19-12-4-6-17-7-5-12/h1-3,10,12,17,19-20H,4-9H2. The molecule has 2 aromatic rings. The fourth-order valence-corrected chi connectivity index (χ4v) is 3.90. The molecule has 0 atom stereocenters. The summed E-state index contributed by atoms with van der Waals surface area (Å²) >= 11 is 1.84. The topological polar surface area (TPSA) is 52.2 Å². The van der Waals surface area contributed by atoms with Gasteiger partial charge in [0.1, 0.15) is 5.04 Å². The lowest BCUT2D eigenvalue weighted by Crippen LogP contribution is -2.35. The number of rotatable bonds is 3. The first-order valence-corrected chi connectivity index (χ1v) is 8.65. The zero-order chi connectivity index (χ0) is 14.1. The van der Waals surface area contributed by atoms with Gasteiger partial charge in [-0.1, -0.05) is 12.1 Å². The number of aromatic nitrogens is 1. The third kappa shape index (κ3) is 2.68. The van der Waals surface area contributed by atoms with Gasteiger partial charge in [0.25, 0.3) is 0 Å². The molecule has 3 N–H and O–H groups in total. The summed E-state index contributed by atoms with van der Waals surface area (Å²) in [6, 6.07) is 9.27. The van der Waals surface area contributed by atoms with Gasteiger partial charge in [0, 0.05) is 23.7 Å². The quantitative estimate of drug-likeness (QED) is 0.817. The van der Waals surface area contributed by atoms with Crippen molar-refractivity contribution in [3.8, 4) is 0 Å². The maximum Gasteiger partial charge on any atom is 0.114 e. The summed E-state index contributed by atoms with van der Waals surface area (Å²) in [6.45, 7) is 3.16. The van der Waals surface area contributed by atoms with Crippen LogP contribution in [0.25, 0.3) is 10.9 Å². The third-order valence-corrected chi connectivity index (χ3v) is 5.18. The van der Waals surface area contributed by atoms with Crippen molar-refractivity contribution < 1.29 is 0 Å². The zero-order valence-electron chi connectivity index (χ0n) is 12.0. The minimum absolute atomic E-state index is 0.571. The summed E-state index contributed by atoms with van der Waals surface area (Å²) in [7, 11) is 0. The van der Waals surface area contributed by atoms with Crippen LogP contribution in [0.15, 0.2) is 29.3 Å². The zero-order valence-corrected chi connectivity index (χ0v) is 12.8. The maximum atomic E-state index is 4.57. The van der Waals surface area contributed by atoms with Crippen LogP contribution in [0.5, 0.6) is 0 Å². The smallest absolute Gasteiger partial charge is 0.114 e. The molecule has 0 spiro atoms. The van der Waals surface area contributed by atoms with Gasteiger partial charge in [-0.15, -0.1) is 11.8 Å². The van der Waals surface area contributed by atoms with Crippen molar-refractivity contribution in [3.63, 3.8) is 0 Å². The Labute approximate surface area is 128 Å². The number of H-pyrrole nitrogens is 1. The first kappa shape index (κ1) is 13.2. The molecular weight excluding hydrogens is 280 g/mol. The van der Waals surface area contributed by atoms with E-state index in [4.69, 9.17) is 0 Å². The van der Waals surface area contributed by atoms with E-state index in [2.05, 4.69) is 44.9 Å². The molecule has 1 fully saturated rings. The van der Waals surface area contributed by atoms with Gasteiger partial charge < -0.3 is 15.6 Å². The lowest BCUT2D eigenvalue weighted by molar-refractivity contribution is 0.479. The van der Waals surface area contributed by atoms with Crippen LogP contribution in [-0.4, -0.2) is 41.5 Å². The molecule has 0 unspecified atom stereocenters. The first-order chi connectivity index (χ1) is 10.4. The highest BCUT2D eigenvalue weighted by molar-refractivity contribution is 8.14. The number of hydrogen-bond acceptors (Lipinski definition) is 4. The van der Waals surface area contributed by atoms with Crippen LogP contribution in [0.4, 0.5) is 5.69 Å². The molecule has 21 heavy (non-hydrogen) atoms. The van der Waals surface area contributed by atoms with Crippen molar-refractivity contribution in [2.24, 2.45) is 4.99 Å². The van der Waals surface area contributed by atoms with Gasteiger partial charge in [0.15, 0.2) is 0 Å². The second-order valence-corrected chi connectivity index (χ2v) is 6.74. The largest absolute Gasteiger partial charge is 0.381 e. The normalized spacial score (nSPS) is 19.9. The third-order valence-electron chi connectivity index (χ3n) is 4.17. The Hall–Kier alpha value is -1.46. The van der Waals surface area contributed by atoms with Crippen molar-refractivity contribution in [1.29, 1.82) is 0 Å². The van der Waals surface area contributed by atoms with E-state index >= 15 is 0 Å². The number of thioether (sulfide) groups is 1. The molecule has 3 heterocycles. The maximum absolute atomic E-state index is 4.57. The Balaban J connectivity index is 1.65. The van der Waals surface area contributed by atoms with E-state index in [9.17, 15) is 0 Å². The Morgan fingerprint density at radius 1 is 1.24 bits per heavy atom. The first-order valence-electron chi connectivity index (χ1n) is 7.67. The summed E-state index contributed by atoms with van der Waals surface area (Å²) < 4.78 is 0. The van der Waals surface area contributed by atoms with Gasteiger partial charge in [0.2, 0.25) is 0 Å². The number of nitrogens with zero attached hydrogens (tertiary/aromatic N) is 1. The van der Waals surface area contributed by atoms with Crippen LogP contribution >= 0.6 is 11.8 Å². The van der Waals surface area contributed by atoms with Crippen LogP contribution in [0.2, 0.25) is 0 Å². The van der Waals surface area contributed by atoms with E-state index in [-0.39, 0.29) is 0 Å². The minimum atomic E-state index is 0.571. The number of piperidine rings is 1. The molecule has 4 rings (SSSR count). The number of aromatic amines is 1. The highest BCUT2D eigenvalue weighted by Gasteiger charge is 2.16. The fraction of sp³-hybridized carbons (Fsp3) is 0.438. The molecule has 1 saturated heterocycles. The van der Waals surface area contributed by atoms with Crippen molar-refractivity contribution in [3.05, 3.63) is 30.0 Å². The highest BCUT2D eigenvalue weighted by Crippen LogP contribution is 2.28. The molecule has 0 radical (unpaired) electrons. The average Bonchev–Trinajstić information content (AvgIpc) is 3.18. The molecule has 0 amide bonds. The van der Waals surface area contributed by atoms with Crippen molar-refractivity contribution in [2.75, 3.05) is 30.7 Å². The second-order valence-electron chi connectivity index (χ2n) is 5.66. The number of aliphatic imine (C=N–C) groups is 1. The monoisotopic (exact) mass is 300 g/mol. The number of anilines is 1. The molecule has 2 aliphatic heterocycles. The molecule has 5 heteroatoms. The molecule has 0 saturated carbocycles. The van der Waals surface area contributed by atoms with E-state index in [0.717, 1.165) is 36.1 Å². The number of nitrogens with one attached hydrogen (secondary N) is 3. The molecule has 2 aliphatic rings. The number of fused-ring (bicyclic) bond motifs is 1. The lowest BCUT2D eigenvalue weighted by atomic mass is 10.1. The highest BCUT2D eigenvalue weighted by atomic mass is 32.2. The van der Waals surface area contributed by atoms with E-state index < -0.39 is 0 Å². The van der Waals surface area contributed by atoms with Gasteiger partial charge in [-0.2, -0.15) is 0 Å². The van der Waals surface area contributed by atoms with Crippen LogP contribution in [0.3, 0.4) is 0 Å². The van der Waals surface area contributed by atoms with Gasteiger partial charge in [-0.3, -0.25) is 4.99 Å². The van der Waals surface area contributed by atoms with E-state index in [1.54, 1.807) is 0 Å². The molecule has 0 bridgehead atoms. The summed E-state index contributed by atoms with van der Waals surface area (Å²) in [5.41, 5.74) is 3.59. The van der Waals surface area contributed by atoms with Gasteiger partial charge in [0.05, 0.1) is 16.9 Å². The van der Waals surface area contributed by atoms with E-state index in [1.807, 2.05) is 11.8 Å². The van der Waals surface area contributed by atoms with Gasteiger partial charge in [-0.25, -0.2) is 0 Å². The molecular formula is C16H20N4S. The predicted molar refractivity (Wildman–Crippen MR) is 91.7 cm³/mol. The minimum Gasteiger partial charge on any atom is -0.381 e.